The summed E-state index contributed by atoms with van der Waals surface area (Å²) in [5.74, 6) is 0. The maximum absolute atomic E-state index is 9.91. The number of nitrogens with one attached hydrogen (secondary N) is 1. The largest absolute Gasteiger partial charge is 0.457 e. The number of rotatable bonds is 7. The summed E-state index contributed by atoms with van der Waals surface area (Å²) in [6.07, 6.45) is 0.939. The minimum atomic E-state index is -1.43. The molecule has 5 N–H and O–H groups in total. The number of amidine groups is 1. The molecule has 22 heavy (non-hydrogen) atoms. The predicted octanol–water partition coefficient (Wildman–Crippen LogP) is -0.483. The zero-order valence-corrected chi connectivity index (χ0v) is 13.1. The van der Waals surface area contributed by atoms with Gasteiger partial charge in [-0.1, -0.05) is 39.0 Å². The van der Waals surface area contributed by atoms with Crippen LogP contribution in [0, 0.1) is 0 Å². The SMILES string of the molecule is CCCCCCCCNC1=N[C@H]2[C@H](O)[C@@H](O)[C@H](O)[C@@H](O)[C@H]2O1. The highest BCUT2D eigenvalue weighted by Gasteiger charge is 2.53. The van der Waals surface area contributed by atoms with E-state index in [0.29, 0.717) is 6.54 Å². The zero-order chi connectivity index (χ0) is 16.1. The molecule has 1 aliphatic heterocycles. The Balaban J connectivity index is 1.73. The van der Waals surface area contributed by atoms with Gasteiger partial charge in [-0.05, 0) is 6.42 Å². The summed E-state index contributed by atoms with van der Waals surface area (Å²) >= 11 is 0. The molecule has 0 aromatic heterocycles. The number of aliphatic hydroxyl groups excluding tert-OH is 4. The monoisotopic (exact) mass is 316 g/mol. The summed E-state index contributed by atoms with van der Waals surface area (Å²) < 4.78 is 5.47. The van der Waals surface area contributed by atoms with Crippen molar-refractivity contribution in [3.8, 4) is 0 Å². The lowest BCUT2D eigenvalue weighted by Crippen LogP contribution is -2.62. The summed E-state index contributed by atoms with van der Waals surface area (Å²) in [6.45, 7) is 2.90. The molecule has 1 saturated carbocycles. The summed E-state index contributed by atoms with van der Waals surface area (Å²) in [5.41, 5.74) is 0. The van der Waals surface area contributed by atoms with E-state index < -0.39 is 36.6 Å². The van der Waals surface area contributed by atoms with Crippen molar-refractivity contribution in [2.75, 3.05) is 6.54 Å². The van der Waals surface area contributed by atoms with Crippen LogP contribution < -0.4 is 5.32 Å². The molecule has 1 aliphatic carbocycles. The van der Waals surface area contributed by atoms with E-state index in [4.69, 9.17) is 4.74 Å². The van der Waals surface area contributed by atoms with Gasteiger partial charge in [0.15, 0.2) is 6.10 Å². The summed E-state index contributed by atoms with van der Waals surface area (Å²) in [5, 5.41) is 42.2. The fourth-order valence-corrected chi connectivity index (χ4v) is 2.97. The van der Waals surface area contributed by atoms with Gasteiger partial charge in [0, 0.05) is 6.54 Å². The number of fused-ring (bicyclic) bond motifs is 1. The van der Waals surface area contributed by atoms with Gasteiger partial charge in [0.1, 0.15) is 30.5 Å². The topological polar surface area (TPSA) is 115 Å². The third-order valence-electron chi connectivity index (χ3n) is 4.39. The highest BCUT2D eigenvalue weighted by Crippen LogP contribution is 2.29. The first kappa shape index (κ1) is 17.5. The highest BCUT2D eigenvalue weighted by atomic mass is 16.5. The van der Waals surface area contributed by atoms with Crippen LogP contribution in [-0.2, 0) is 4.74 Å². The first-order valence-electron chi connectivity index (χ1n) is 8.27. The Bertz CT molecular complexity index is 379. The number of nitrogens with zero attached hydrogens (tertiary/aromatic N) is 1. The highest BCUT2D eigenvalue weighted by molar-refractivity contribution is 5.76. The molecule has 0 amide bonds. The normalized spacial score (nSPS) is 37.4. The number of hydrogen-bond donors (Lipinski definition) is 5. The minimum Gasteiger partial charge on any atom is -0.457 e. The Hall–Kier alpha value is -0.890. The van der Waals surface area contributed by atoms with Gasteiger partial charge in [-0.15, -0.1) is 0 Å². The van der Waals surface area contributed by atoms with E-state index in [2.05, 4.69) is 17.2 Å². The van der Waals surface area contributed by atoms with Crippen LogP contribution in [0.5, 0.6) is 0 Å². The van der Waals surface area contributed by atoms with E-state index in [0.717, 1.165) is 12.8 Å². The molecule has 1 fully saturated rings. The lowest BCUT2D eigenvalue weighted by Gasteiger charge is -2.38. The van der Waals surface area contributed by atoms with Gasteiger partial charge in [0.25, 0.3) is 6.02 Å². The average molecular weight is 316 g/mol. The fourth-order valence-electron chi connectivity index (χ4n) is 2.97. The number of ether oxygens (including phenoxy) is 1. The van der Waals surface area contributed by atoms with Crippen LogP contribution >= 0.6 is 0 Å². The molecule has 0 unspecified atom stereocenters. The Labute approximate surface area is 131 Å². The van der Waals surface area contributed by atoms with Crippen LogP contribution in [0.4, 0.5) is 0 Å². The van der Waals surface area contributed by atoms with Gasteiger partial charge in [0.2, 0.25) is 0 Å². The average Bonchev–Trinajstić information content (AvgIpc) is 2.94. The lowest BCUT2D eigenvalue weighted by atomic mass is 9.84. The molecular weight excluding hydrogens is 288 g/mol. The Kier molecular flexibility index (Phi) is 6.43. The maximum Gasteiger partial charge on any atom is 0.285 e. The molecular formula is C15H28N2O5. The molecule has 128 valence electrons. The van der Waals surface area contributed by atoms with E-state index in [1.54, 1.807) is 0 Å². The molecule has 0 bridgehead atoms. The second-order valence-corrected chi connectivity index (χ2v) is 6.16. The Morgan fingerprint density at radius 3 is 2.27 bits per heavy atom. The van der Waals surface area contributed by atoms with E-state index in [9.17, 15) is 20.4 Å². The van der Waals surface area contributed by atoms with Gasteiger partial charge in [-0.2, -0.15) is 0 Å². The van der Waals surface area contributed by atoms with Crippen molar-refractivity contribution in [2.24, 2.45) is 4.99 Å². The van der Waals surface area contributed by atoms with E-state index in [-0.39, 0.29) is 6.02 Å². The molecule has 0 saturated heterocycles. The van der Waals surface area contributed by atoms with Crippen LogP contribution in [0.1, 0.15) is 45.4 Å². The summed E-state index contributed by atoms with van der Waals surface area (Å²) in [7, 11) is 0. The van der Waals surface area contributed by atoms with E-state index in [1.807, 2.05) is 0 Å². The molecule has 2 aliphatic rings. The smallest absolute Gasteiger partial charge is 0.285 e. The molecule has 1 heterocycles. The summed E-state index contributed by atoms with van der Waals surface area (Å²) in [4.78, 5) is 4.18. The first-order chi connectivity index (χ1) is 10.6. The van der Waals surface area contributed by atoms with E-state index >= 15 is 0 Å². The summed E-state index contributed by atoms with van der Waals surface area (Å²) in [6, 6.07) is -0.483. The minimum absolute atomic E-state index is 0.267. The third-order valence-corrected chi connectivity index (χ3v) is 4.39. The zero-order valence-electron chi connectivity index (χ0n) is 13.1. The maximum atomic E-state index is 9.91. The van der Waals surface area contributed by atoms with Crippen LogP contribution in [0.2, 0.25) is 0 Å². The van der Waals surface area contributed by atoms with Crippen molar-refractivity contribution in [3.05, 3.63) is 0 Å². The van der Waals surface area contributed by atoms with Crippen molar-refractivity contribution in [1.82, 2.24) is 5.32 Å². The van der Waals surface area contributed by atoms with Gasteiger partial charge < -0.3 is 30.5 Å². The van der Waals surface area contributed by atoms with Gasteiger partial charge in [-0.3, -0.25) is 0 Å². The molecule has 0 spiro atoms. The standard InChI is InChI=1S/C15H28N2O5/c1-2-3-4-5-6-7-8-16-15-17-9-10(18)11(19)12(20)13(21)14(9)22-15/h9-14,18-21H,2-8H2,1H3,(H,16,17)/t9-,10-,11+,12-,13+,14-/m0/s1. The second kappa shape index (κ2) is 8.10. The first-order valence-corrected chi connectivity index (χ1v) is 8.27. The van der Waals surface area contributed by atoms with E-state index in [1.165, 1.54) is 25.7 Å². The quantitative estimate of drug-likeness (QED) is 0.405. The number of aliphatic hydroxyl groups is 4. The Morgan fingerprint density at radius 1 is 0.909 bits per heavy atom. The Morgan fingerprint density at radius 2 is 1.55 bits per heavy atom. The van der Waals surface area contributed by atoms with Crippen LogP contribution in [-0.4, -0.2) is 69.6 Å². The third kappa shape index (κ3) is 3.90. The predicted molar refractivity (Wildman–Crippen MR) is 81.5 cm³/mol. The van der Waals surface area contributed by atoms with Gasteiger partial charge in [-0.25, -0.2) is 4.99 Å². The van der Waals surface area contributed by atoms with Crippen molar-refractivity contribution in [3.63, 3.8) is 0 Å². The molecule has 2 rings (SSSR count). The van der Waals surface area contributed by atoms with Crippen LogP contribution in [0.25, 0.3) is 0 Å². The molecule has 0 radical (unpaired) electrons. The molecule has 6 atom stereocenters. The van der Waals surface area contributed by atoms with Crippen LogP contribution in [0.15, 0.2) is 4.99 Å². The van der Waals surface area contributed by atoms with Gasteiger partial charge >= 0.3 is 0 Å². The van der Waals surface area contributed by atoms with Crippen molar-refractivity contribution < 1.29 is 25.2 Å². The number of aliphatic imine (C=N–C) groups is 1. The molecule has 0 aromatic rings. The number of unbranched alkanes of at least 4 members (excludes halogenated alkanes) is 5. The molecule has 0 aromatic carbocycles. The fraction of sp³-hybridized carbons (Fsp3) is 0.933. The van der Waals surface area contributed by atoms with Crippen LogP contribution in [0.3, 0.4) is 0 Å². The van der Waals surface area contributed by atoms with Crippen molar-refractivity contribution in [1.29, 1.82) is 0 Å². The van der Waals surface area contributed by atoms with Gasteiger partial charge in [0.05, 0.1) is 0 Å². The molecule has 7 nitrogen and oxygen atoms in total. The van der Waals surface area contributed by atoms with Crippen molar-refractivity contribution >= 4 is 6.02 Å². The second-order valence-electron chi connectivity index (χ2n) is 6.16. The number of hydrogen-bond acceptors (Lipinski definition) is 7. The molecule has 7 heteroatoms. The lowest BCUT2D eigenvalue weighted by molar-refractivity contribution is -0.174. The van der Waals surface area contributed by atoms with Crippen molar-refractivity contribution in [2.45, 2.75) is 82.0 Å².